The number of nitrogens with zero attached hydrogens (tertiary/aromatic N) is 1. The van der Waals surface area contributed by atoms with Crippen LogP contribution >= 0.6 is 15.9 Å². The van der Waals surface area contributed by atoms with Gasteiger partial charge in [-0.3, -0.25) is 4.90 Å². The van der Waals surface area contributed by atoms with Crippen molar-refractivity contribution in [3.8, 4) is 0 Å². The Bertz CT molecular complexity index is 499. The number of ether oxygens (including phenoxy) is 1. The highest BCUT2D eigenvalue weighted by Crippen LogP contribution is 2.30. The minimum absolute atomic E-state index is 0.295. The SMILES string of the molecule is COC(=O)c1ccc(CN2CCCC(C)(C)C2)c(Br)c1. The maximum absolute atomic E-state index is 11.5. The van der Waals surface area contributed by atoms with Gasteiger partial charge in [0.05, 0.1) is 12.7 Å². The Morgan fingerprint density at radius 2 is 2.20 bits per heavy atom. The first-order valence-corrected chi connectivity index (χ1v) is 7.80. The van der Waals surface area contributed by atoms with Gasteiger partial charge in [-0.25, -0.2) is 4.79 Å². The molecule has 1 heterocycles. The van der Waals surface area contributed by atoms with Crippen LogP contribution in [0.25, 0.3) is 0 Å². The molecule has 1 saturated heterocycles. The molecule has 0 saturated carbocycles. The van der Waals surface area contributed by atoms with Gasteiger partial charge in [-0.05, 0) is 42.5 Å². The van der Waals surface area contributed by atoms with Gasteiger partial charge in [0.25, 0.3) is 0 Å². The Balaban J connectivity index is 2.08. The molecule has 0 bridgehead atoms. The Kier molecular flexibility index (Phi) is 4.86. The van der Waals surface area contributed by atoms with Crippen LogP contribution in [0.2, 0.25) is 0 Å². The zero-order valence-electron chi connectivity index (χ0n) is 12.4. The van der Waals surface area contributed by atoms with Crippen LogP contribution in [0.5, 0.6) is 0 Å². The van der Waals surface area contributed by atoms with Crippen molar-refractivity contribution in [1.82, 2.24) is 4.90 Å². The zero-order chi connectivity index (χ0) is 14.8. The van der Waals surface area contributed by atoms with E-state index in [0.717, 1.165) is 24.1 Å². The van der Waals surface area contributed by atoms with Gasteiger partial charge in [0.15, 0.2) is 0 Å². The maximum atomic E-state index is 11.5. The first-order valence-electron chi connectivity index (χ1n) is 7.00. The molecule has 20 heavy (non-hydrogen) atoms. The van der Waals surface area contributed by atoms with Crippen molar-refractivity contribution in [2.24, 2.45) is 5.41 Å². The highest BCUT2D eigenvalue weighted by Gasteiger charge is 2.26. The van der Waals surface area contributed by atoms with E-state index >= 15 is 0 Å². The Labute approximate surface area is 129 Å². The lowest BCUT2D eigenvalue weighted by Gasteiger charge is -2.38. The fraction of sp³-hybridized carbons (Fsp3) is 0.562. The predicted molar refractivity (Wildman–Crippen MR) is 83.8 cm³/mol. The summed E-state index contributed by atoms with van der Waals surface area (Å²) in [6.07, 6.45) is 2.55. The number of halogens is 1. The smallest absolute Gasteiger partial charge is 0.337 e. The third kappa shape index (κ3) is 3.83. The standard InChI is InChI=1S/C16H22BrNO2/c1-16(2)7-4-8-18(11-16)10-13-6-5-12(9-14(13)17)15(19)20-3/h5-6,9H,4,7-8,10-11H2,1-3H3. The molecule has 3 nitrogen and oxygen atoms in total. The number of likely N-dealkylation sites (tertiary alicyclic amines) is 1. The van der Waals surface area contributed by atoms with E-state index in [4.69, 9.17) is 4.74 Å². The molecular formula is C16H22BrNO2. The first kappa shape index (κ1) is 15.5. The highest BCUT2D eigenvalue weighted by molar-refractivity contribution is 9.10. The van der Waals surface area contributed by atoms with Crippen LogP contribution in [-0.2, 0) is 11.3 Å². The van der Waals surface area contributed by atoms with Crippen molar-refractivity contribution in [2.75, 3.05) is 20.2 Å². The normalized spacial score (nSPS) is 18.8. The van der Waals surface area contributed by atoms with E-state index in [1.165, 1.54) is 25.5 Å². The van der Waals surface area contributed by atoms with Gasteiger partial charge in [-0.2, -0.15) is 0 Å². The largest absolute Gasteiger partial charge is 0.465 e. The van der Waals surface area contributed by atoms with Crippen LogP contribution in [0, 0.1) is 5.41 Å². The van der Waals surface area contributed by atoms with E-state index in [2.05, 4.69) is 34.7 Å². The van der Waals surface area contributed by atoms with Crippen LogP contribution in [0.1, 0.15) is 42.6 Å². The number of methoxy groups -OCH3 is 1. The number of piperidine rings is 1. The molecule has 0 aromatic heterocycles. The number of benzene rings is 1. The molecule has 4 heteroatoms. The Morgan fingerprint density at radius 1 is 1.45 bits per heavy atom. The average Bonchev–Trinajstić information content (AvgIpc) is 2.39. The van der Waals surface area contributed by atoms with E-state index in [-0.39, 0.29) is 5.97 Å². The van der Waals surface area contributed by atoms with Crippen molar-refractivity contribution in [2.45, 2.75) is 33.2 Å². The maximum Gasteiger partial charge on any atom is 0.337 e. The van der Waals surface area contributed by atoms with Gasteiger partial charge in [0.1, 0.15) is 0 Å². The lowest BCUT2D eigenvalue weighted by molar-refractivity contribution is 0.0600. The fourth-order valence-corrected chi connectivity index (χ4v) is 3.35. The Hall–Kier alpha value is -0.870. The van der Waals surface area contributed by atoms with Crippen molar-refractivity contribution in [1.29, 1.82) is 0 Å². The number of carbonyl (C=O) groups excluding carboxylic acids is 1. The quantitative estimate of drug-likeness (QED) is 0.783. The summed E-state index contributed by atoms with van der Waals surface area (Å²) in [4.78, 5) is 14.0. The number of hydrogen-bond acceptors (Lipinski definition) is 3. The summed E-state index contributed by atoms with van der Waals surface area (Å²) in [5.41, 5.74) is 2.20. The molecule has 1 aliphatic heterocycles. The molecule has 1 aliphatic rings. The molecule has 0 radical (unpaired) electrons. The minimum Gasteiger partial charge on any atom is -0.465 e. The van der Waals surface area contributed by atoms with E-state index < -0.39 is 0 Å². The van der Waals surface area contributed by atoms with Crippen molar-refractivity contribution in [3.05, 3.63) is 33.8 Å². The molecule has 0 atom stereocenters. The molecular weight excluding hydrogens is 318 g/mol. The summed E-state index contributed by atoms with van der Waals surface area (Å²) in [7, 11) is 1.40. The van der Waals surface area contributed by atoms with Crippen molar-refractivity contribution < 1.29 is 9.53 Å². The van der Waals surface area contributed by atoms with E-state index in [1.807, 2.05) is 18.2 Å². The fourth-order valence-electron chi connectivity index (χ4n) is 2.84. The van der Waals surface area contributed by atoms with Gasteiger partial charge in [-0.1, -0.05) is 35.8 Å². The van der Waals surface area contributed by atoms with E-state index in [0.29, 0.717) is 11.0 Å². The number of rotatable bonds is 3. The van der Waals surface area contributed by atoms with E-state index in [9.17, 15) is 4.79 Å². The van der Waals surface area contributed by atoms with Gasteiger partial charge >= 0.3 is 5.97 Å². The van der Waals surface area contributed by atoms with Crippen molar-refractivity contribution >= 4 is 21.9 Å². The van der Waals surface area contributed by atoms with Gasteiger partial charge in [0.2, 0.25) is 0 Å². The highest BCUT2D eigenvalue weighted by atomic mass is 79.9. The second kappa shape index (κ2) is 6.27. The number of carbonyl (C=O) groups is 1. The Morgan fingerprint density at radius 3 is 2.80 bits per heavy atom. The lowest BCUT2D eigenvalue weighted by Crippen LogP contribution is -2.39. The van der Waals surface area contributed by atoms with Gasteiger partial charge < -0.3 is 4.74 Å². The van der Waals surface area contributed by atoms with Crippen LogP contribution in [0.3, 0.4) is 0 Å². The summed E-state index contributed by atoms with van der Waals surface area (Å²) < 4.78 is 5.71. The first-order chi connectivity index (χ1) is 9.41. The van der Waals surface area contributed by atoms with E-state index in [1.54, 1.807) is 0 Å². The van der Waals surface area contributed by atoms with Gasteiger partial charge in [0, 0.05) is 17.6 Å². The predicted octanol–water partition coefficient (Wildman–Crippen LogP) is 3.86. The molecule has 110 valence electrons. The summed E-state index contributed by atoms with van der Waals surface area (Å²) in [5, 5.41) is 0. The molecule has 1 aromatic carbocycles. The molecule has 1 fully saturated rings. The van der Waals surface area contributed by atoms with Crippen molar-refractivity contribution in [3.63, 3.8) is 0 Å². The molecule has 0 N–H and O–H groups in total. The second-order valence-electron chi connectivity index (χ2n) is 6.28. The molecule has 0 aliphatic carbocycles. The molecule has 0 amide bonds. The zero-order valence-corrected chi connectivity index (χ0v) is 14.0. The summed E-state index contributed by atoms with van der Waals surface area (Å²) in [5.74, 6) is -0.295. The molecule has 0 unspecified atom stereocenters. The molecule has 2 rings (SSSR count). The summed E-state index contributed by atoms with van der Waals surface area (Å²) >= 11 is 3.57. The monoisotopic (exact) mass is 339 g/mol. The molecule has 1 aromatic rings. The third-order valence-electron chi connectivity index (χ3n) is 3.85. The topological polar surface area (TPSA) is 29.5 Å². The van der Waals surface area contributed by atoms with Gasteiger partial charge in [-0.15, -0.1) is 0 Å². The molecule has 0 spiro atoms. The lowest BCUT2D eigenvalue weighted by atomic mass is 9.84. The summed E-state index contributed by atoms with van der Waals surface area (Å²) in [6.45, 7) is 7.85. The summed E-state index contributed by atoms with van der Waals surface area (Å²) in [6, 6.07) is 5.69. The minimum atomic E-state index is -0.295. The number of hydrogen-bond donors (Lipinski definition) is 0. The van der Waals surface area contributed by atoms with Crippen LogP contribution in [-0.4, -0.2) is 31.1 Å². The van der Waals surface area contributed by atoms with Crippen LogP contribution < -0.4 is 0 Å². The second-order valence-corrected chi connectivity index (χ2v) is 7.13. The van der Waals surface area contributed by atoms with Crippen LogP contribution in [0.15, 0.2) is 22.7 Å². The average molecular weight is 340 g/mol. The number of esters is 1. The van der Waals surface area contributed by atoms with Crippen LogP contribution in [0.4, 0.5) is 0 Å². The third-order valence-corrected chi connectivity index (χ3v) is 4.59.